The summed E-state index contributed by atoms with van der Waals surface area (Å²) in [5, 5.41) is 0. The highest BCUT2D eigenvalue weighted by molar-refractivity contribution is 5.77. The molecular weight excluding hydrogens is 360 g/mol. The Kier molecular flexibility index (Phi) is 5.14. The molecule has 4 aromatic carbocycles. The van der Waals surface area contributed by atoms with Crippen molar-refractivity contribution in [2.45, 2.75) is 11.8 Å². The Bertz CT molecular complexity index is 1060. The van der Waals surface area contributed by atoms with Gasteiger partial charge in [-0.1, -0.05) is 133 Å². The molecule has 0 unspecified atom stereocenters. The molecule has 0 amide bonds. The minimum Gasteiger partial charge on any atom is -0.0622 e. The summed E-state index contributed by atoms with van der Waals surface area (Å²) in [6.07, 6.45) is 4.73. The van der Waals surface area contributed by atoms with Gasteiger partial charge in [0.15, 0.2) is 0 Å². The molecule has 2 atom stereocenters. The third-order valence-electron chi connectivity index (χ3n) is 5.90. The summed E-state index contributed by atoms with van der Waals surface area (Å²) in [5.41, 5.74) is 8.06. The van der Waals surface area contributed by atoms with E-state index in [1.54, 1.807) is 0 Å². The molecule has 0 heteroatoms. The van der Waals surface area contributed by atoms with Gasteiger partial charge < -0.3 is 0 Å². The number of hydrogen-bond acceptors (Lipinski definition) is 0. The zero-order valence-electron chi connectivity index (χ0n) is 16.9. The van der Waals surface area contributed by atoms with E-state index >= 15 is 0 Å². The lowest BCUT2D eigenvalue weighted by atomic mass is 9.59. The second kappa shape index (κ2) is 8.39. The van der Waals surface area contributed by atoms with Crippen LogP contribution < -0.4 is 0 Å². The topological polar surface area (TPSA) is 0 Å². The van der Waals surface area contributed by atoms with E-state index in [1.165, 1.54) is 33.4 Å². The summed E-state index contributed by atoms with van der Waals surface area (Å²) in [5.74, 6) is 0.701. The third kappa shape index (κ3) is 3.65. The predicted octanol–water partition coefficient (Wildman–Crippen LogP) is 7.73. The van der Waals surface area contributed by atoms with E-state index in [0.29, 0.717) is 11.8 Å². The molecule has 144 valence electrons. The van der Waals surface area contributed by atoms with Crippen LogP contribution in [0.5, 0.6) is 0 Å². The Morgan fingerprint density at radius 2 is 0.667 bits per heavy atom. The average Bonchev–Trinajstić information content (AvgIpc) is 2.82. The van der Waals surface area contributed by atoms with Crippen LogP contribution in [0.3, 0.4) is 0 Å². The van der Waals surface area contributed by atoms with E-state index in [4.69, 9.17) is 0 Å². The fourth-order valence-electron chi connectivity index (χ4n) is 4.49. The van der Waals surface area contributed by atoms with Gasteiger partial charge in [-0.2, -0.15) is 0 Å². The van der Waals surface area contributed by atoms with Crippen LogP contribution in [0.25, 0.3) is 12.2 Å². The number of hydrogen-bond donors (Lipinski definition) is 0. The zero-order chi connectivity index (χ0) is 20.2. The van der Waals surface area contributed by atoms with Gasteiger partial charge in [-0.25, -0.2) is 0 Å². The molecule has 0 spiro atoms. The molecular formula is C30H24. The van der Waals surface area contributed by atoms with E-state index in [9.17, 15) is 0 Å². The molecule has 1 fully saturated rings. The molecule has 0 aliphatic heterocycles. The van der Waals surface area contributed by atoms with Gasteiger partial charge in [0.1, 0.15) is 0 Å². The van der Waals surface area contributed by atoms with Crippen LogP contribution in [0.4, 0.5) is 0 Å². The molecule has 1 aliphatic carbocycles. The van der Waals surface area contributed by atoms with E-state index in [0.717, 1.165) is 0 Å². The highest BCUT2D eigenvalue weighted by Gasteiger charge is 2.42. The van der Waals surface area contributed by atoms with Gasteiger partial charge >= 0.3 is 0 Å². The van der Waals surface area contributed by atoms with Gasteiger partial charge in [0.2, 0.25) is 0 Å². The van der Waals surface area contributed by atoms with E-state index < -0.39 is 0 Å². The lowest BCUT2D eigenvalue weighted by Gasteiger charge is -2.44. The minimum absolute atomic E-state index is 0.351. The van der Waals surface area contributed by atoms with E-state index in [2.05, 4.69) is 133 Å². The molecule has 0 heterocycles. The lowest BCUT2D eigenvalue weighted by molar-refractivity contribution is 0.596. The molecule has 1 aliphatic rings. The van der Waals surface area contributed by atoms with Crippen LogP contribution >= 0.6 is 0 Å². The second-order valence-corrected chi connectivity index (χ2v) is 7.80. The molecule has 0 nitrogen and oxygen atoms in total. The Morgan fingerprint density at radius 1 is 0.367 bits per heavy atom. The van der Waals surface area contributed by atoms with Crippen LogP contribution in [0.15, 0.2) is 132 Å². The van der Waals surface area contributed by atoms with Crippen LogP contribution in [0, 0.1) is 0 Å². The van der Waals surface area contributed by atoms with Gasteiger partial charge in [0.25, 0.3) is 0 Å². The maximum atomic E-state index is 2.37. The smallest absolute Gasteiger partial charge is 0.0202 e. The van der Waals surface area contributed by atoms with E-state index in [1.807, 2.05) is 0 Å². The van der Waals surface area contributed by atoms with Crippen molar-refractivity contribution in [1.82, 2.24) is 0 Å². The van der Waals surface area contributed by atoms with Gasteiger partial charge in [0.05, 0.1) is 0 Å². The van der Waals surface area contributed by atoms with E-state index in [-0.39, 0.29) is 0 Å². The molecule has 0 aromatic heterocycles. The Hall–Kier alpha value is -3.64. The summed E-state index contributed by atoms with van der Waals surface area (Å²) in [6, 6.07) is 43.2. The maximum Gasteiger partial charge on any atom is 0.0202 e. The van der Waals surface area contributed by atoms with Crippen LogP contribution in [0.1, 0.15) is 34.1 Å². The second-order valence-electron chi connectivity index (χ2n) is 7.80. The largest absolute Gasteiger partial charge is 0.0622 e. The van der Waals surface area contributed by atoms with Gasteiger partial charge in [-0.15, -0.1) is 0 Å². The van der Waals surface area contributed by atoms with Crippen molar-refractivity contribution in [2.24, 2.45) is 0 Å². The van der Waals surface area contributed by atoms with Crippen molar-refractivity contribution in [2.75, 3.05) is 0 Å². The van der Waals surface area contributed by atoms with Gasteiger partial charge in [0, 0.05) is 11.8 Å². The van der Waals surface area contributed by atoms with Crippen molar-refractivity contribution in [3.63, 3.8) is 0 Å². The Morgan fingerprint density at radius 3 is 1.00 bits per heavy atom. The summed E-state index contributed by atoms with van der Waals surface area (Å²) < 4.78 is 0. The molecule has 4 aromatic rings. The first-order valence-corrected chi connectivity index (χ1v) is 10.5. The molecule has 30 heavy (non-hydrogen) atoms. The van der Waals surface area contributed by atoms with Crippen molar-refractivity contribution in [3.8, 4) is 0 Å². The summed E-state index contributed by atoms with van der Waals surface area (Å²) in [6.45, 7) is 0. The lowest BCUT2D eigenvalue weighted by Crippen LogP contribution is -2.28. The van der Waals surface area contributed by atoms with Crippen LogP contribution in [0.2, 0.25) is 0 Å². The van der Waals surface area contributed by atoms with Crippen LogP contribution in [-0.2, 0) is 0 Å². The van der Waals surface area contributed by atoms with Crippen molar-refractivity contribution in [1.29, 1.82) is 0 Å². The zero-order valence-corrected chi connectivity index (χ0v) is 16.9. The SMILES string of the molecule is C(=C1/C(=C/c2ccccc2)[C@H](c2ccccc2)[C@H]1c1ccccc1)/c1ccccc1. The quantitative estimate of drug-likeness (QED) is 0.338. The molecule has 5 rings (SSSR count). The summed E-state index contributed by atoms with van der Waals surface area (Å²) in [7, 11) is 0. The standard InChI is InChI=1S/C30H24/c1-5-13-23(14-6-1)21-27-28(22-24-15-7-2-8-16-24)30(26-19-11-4-12-20-26)29(27)25-17-9-3-10-18-25/h1-22,29-30H/b27-21-,28-22+/t29-,30-/m0/s1. The average molecular weight is 385 g/mol. The van der Waals surface area contributed by atoms with Gasteiger partial charge in [-0.3, -0.25) is 0 Å². The first-order valence-electron chi connectivity index (χ1n) is 10.5. The molecule has 0 radical (unpaired) electrons. The number of allylic oxidation sites excluding steroid dienone is 2. The Balaban J connectivity index is 1.68. The predicted molar refractivity (Wildman–Crippen MR) is 127 cm³/mol. The number of benzene rings is 4. The molecule has 0 N–H and O–H groups in total. The maximum absolute atomic E-state index is 2.37. The number of rotatable bonds is 4. The first-order chi connectivity index (χ1) is 14.9. The van der Waals surface area contributed by atoms with Crippen molar-refractivity contribution < 1.29 is 0 Å². The summed E-state index contributed by atoms with van der Waals surface area (Å²) >= 11 is 0. The highest BCUT2D eigenvalue weighted by atomic mass is 14.4. The molecule has 0 bridgehead atoms. The monoisotopic (exact) mass is 384 g/mol. The minimum atomic E-state index is 0.351. The Labute approximate surface area is 178 Å². The fraction of sp³-hybridized carbons (Fsp3) is 0.0667. The van der Waals surface area contributed by atoms with Crippen LogP contribution in [-0.4, -0.2) is 0 Å². The summed E-state index contributed by atoms with van der Waals surface area (Å²) in [4.78, 5) is 0. The highest BCUT2D eigenvalue weighted by Crippen LogP contribution is 2.58. The normalized spacial score (nSPS) is 20.8. The molecule has 0 saturated heterocycles. The van der Waals surface area contributed by atoms with Crippen molar-refractivity contribution >= 4 is 12.2 Å². The third-order valence-corrected chi connectivity index (χ3v) is 5.90. The van der Waals surface area contributed by atoms with Crippen molar-refractivity contribution in [3.05, 3.63) is 155 Å². The first kappa shape index (κ1) is 18.4. The van der Waals surface area contributed by atoms with Gasteiger partial charge in [-0.05, 0) is 33.4 Å². The fourth-order valence-corrected chi connectivity index (χ4v) is 4.49. The molecule has 1 saturated carbocycles.